The van der Waals surface area contributed by atoms with E-state index in [1.807, 2.05) is 24.4 Å². The molecule has 0 atom stereocenters. The van der Waals surface area contributed by atoms with E-state index in [1.54, 1.807) is 0 Å². The molecule has 0 fully saturated rings. The maximum atomic E-state index is 6.72. The Morgan fingerprint density at radius 3 is 2.11 bits per heavy atom. The van der Waals surface area contributed by atoms with Crippen LogP contribution >= 0.6 is 0 Å². The zero-order valence-corrected chi connectivity index (χ0v) is 33.0. The Bertz CT molecular complexity index is 3210. The van der Waals surface area contributed by atoms with Crippen LogP contribution in [0.25, 0.3) is 77.5 Å². The molecule has 55 heavy (non-hydrogen) atoms. The summed E-state index contributed by atoms with van der Waals surface area (Å²) >= 11 is 0. The Morgan fingerprint density at radius 1 is 0.600 bits per heavy atom. The second-order valence-corrected chi connectivity index (χ2v) is 14.9. The molecule has 0 aliphatic carbocycles. The zero-order valence-electron chi connectivity index (χ0n) is 30.7. The molecule has 0 unspecified atom stereocenters. The third-order valence-corrected chi connectivity index (χ3v) is 11.5. The van der Waals surface area contributed by atoms with Crippen molar-refractivity contribution in [2.24, 2.45) is 0 Å². The summed E-state index contributed by atoms with van der Waals surface area (Å²) in [6, 6.07) is 52.2. The van der Waals surface area contributed by atoms with Crippen molar-refractivity contribution < 1.29 is 25.8 Å². The molecule has 0 radical (unpaired) electrons. The Labute approximate surface area is 333 Å². The largest absolute Gasteiger partial charge is 2.00 e. The monoisotopic (exact) mass is 889 g/mol. The number of nitrogens with zero attached hydrogens (tertiary/aromatic N) is 4. The van der Waals surface area contributed by atoms with Gasteiger partial charge in [0.15, 0.2) is 0 Å². The van der Waals surface area contributed by atoms with Crippen LogP contribution in [0.15, 0.2) is 134 Å². The average molecular weight is 890 g/mol. The van der Waals surface area contributed by atoms with E-state index >= 15 is 0 Å². The smallest absolute Gasteiger partial charge is 0.503 e. The summed E-state index contributed by atoms with van der Waals surface area (Å²) in [7, 11) is 0. The molecule has 5 heterocycles. The van der Waals surface area contributed by atoms with Gasteiger partial charge in [-0.05, 0) is 59.5 Å². The molecular weight excluding hydrogens is 856 g/mol. The number of benzene rings is 6. The number of hydrogen-bond donors (Lipinski definition) is 0. The van der Waals surface area contributed by atoms with Gasteiger partial charge in [0.25, 0.3) is 0 Å². The van der Waals surface area contributed by atoms with Gasteiger partial charge in [-0.25, -0.2) is 4.98 Å². The van der Waals surface area contributed by atoms with Gasteiger partial charge in [0, 0.05) is 45.1 Å². The van der Waals surface area contributed by atoms with Crippen LogP contribution in [0.4, 0.5) is 0 Å². The van der Waals surface area contributed by atoms with Gasteiger partial charge in [-0.15, -0.1) is 29.8 Å². The first-order valence-electron chi connectivity index (χ1n) is 18.4. The maximum absolute atomic E-state index is 6.72. The number of rotatable bonds is 4. The van der Waals surface area contributed by atoms with E-state index in [9.17, 15) is 0 Å². The summed E-state index contributed by atoms with van der Waals surface area (Å²) in [4.78, 5) is 10.3. The zero-order chi connectivity index (χ0) is 36.3. The van der Waals surface area contributed by atoms with Gasteiger partial charge >= 0.3 is 21.1 Å². The number of ether oxygens (including phenoxy) is 1. The molecule has 6 heteroatoms. The molecule has 10 aromatic rings. The molecule has 0 bridgehead atoms. The fourth-order valence-corrected chi connectivity index (χ4v) is 8.85. The van der Waals surface area contributed by atoms with E-state index in [1.165, 1.54) is 33.2 Å². The third-order valence-electron chi connectivity index (χ3n) is 11.5. The third kappa shape index (κ3) is 4.76. The minimum absolute atomic E-state index is 0. The predicted octanol–water partition coefficient (Wildman–Crippen LogP) is 12.1. The summed E-state index contributed by atoms with van der Waals surface area (Å²) in [6.45, 7) is 8.90. The Hall–Kier alpha value is -6.03. The van der Waals surface area contributed by atoms with Gasteiger partial charge in [0.1, 0.15) is 5.65 Å². The number of aromatic nitrogens is 4. The van der Waals surface area contributed by atoms with Crippen molar-refractivity contribution in [3.05, 3.63) is 168 Å². The fourth-order valence-electron chi connectivity index (χ4n) is 8.85. The summed E-state index contributed by atoms with van der Waals surface area (Å²) in [5.74, 6) is 1.22. The molecular formula is C49H34N4OPt. The van der Waals surface area contributed by atoms with Crippen LogP contribution in [0.3, 0.4) is 0 Å². The van der Waals surface area contributed by atoms with Crippen LogP contribution < -0.4 is 4.74 Å². The van der Waals surface area contributed by atoms with E-state index in [4.69, 9.17) is 14.7 Å². The van der Waals surface area contributed by atoms with Gasteiger partial charge in [-0.2, -0.15) is 6.07 Å². The van der Waals surface area contributed by atoms with Crippen molar-refractivity contribution in [2.45, 2.75) is 33.1 Å². The van der Waals surface area contributed by atoms with Crippen molar-refractivity contribution in [1.82, 2.24) is 18.9 Å². The van der Waals surface area contributed by atoms with Crippen molar-refractivity contribution in [1.29, 1.82) is 0 Å². The Balaban J connectivity index is 0.00000372. The molecule has 11 rings (SSSR count). The molecule has 0 amide bonds. The second-order valence-electron chi connectivity index (χ2n) is 14.9. The van der Waals surface area contributed by atoms with Crippen molar-refractivity contribution >= 4 is 49.3 Å². The van der Waals surface area contributed by atoms with Crippen LogP contribution in [-0.2, 0) is 26.5 Å². The Morgan fingerprint density at radius 2 is 1.29 bits per heavy atom. The maximum Gasteiger partial charge on any atom is 2.00 e. The fraction of sp³-hybridized carbons (Fsp3) is 0.102. The summed E-state index contributed by atoms with van der Waals surface area (Å²) < 4.78 is 11.3. The first kappa shape index (κ1) is 33.5. The normalized spacial score (nSPS) is 13.1. The Kier molecular flexibility index (Phi) is 7.46. The SMILES string of the molecule is Cc1ccccc1-c1nc2c3[c-]c(Oc4[c-]c5c(cc4)C(C)(C)c4cccc6c7cccnc7n-5c46)ccc3c3ccccc3n2c1-c1ccccc1C.[Pt+2]. The average Bonchev–Trinajstić information content (AvgIpc) is 3.75. The standard InChI is InChI=1S/C49H34N4O.Pt/c1-29-13-5-7-15-33(29)44-46(34-16-8-6-14-30(34)2)52-42-21-10-9-17-36(42)35-24-22-31(27-39(35)48(52)51-44)54-32-23-25-40-43(28-32)53-45-37(38-19-12-26-50-47(38)53)18-11-20-41(45)49(40,3)4;/h5-26H,1-4H3;/q-2;+2. The molecule has 266 valence electrons. The molecule has 0 saturated heterocycles. The topological polar surface area (TPSA) is 44.4 Å². The molecule has 1 aliphatic heterocycles. The molecule has 5 nitrogen and oxygen atoms in total. The number of fused-ring (bicyclic) bond motifs is 11. The van der Waals surface area contributed by atoms with Crippen molar-refractivity contribution in [3.8, 4) is 39.7 Å². The van der Waals surface area contributed by atoms with E-state index < -0.39 is 0 Å². The number of hydrogen-bond acceptors (Lipinski definition) is 3. The van der Waals surface area contributed by atoms with E-state index in [0.29, 0.717) is 11.5 Å². The van der Waals surface area contributed by atoms with Gasteiger partial charge in [0.05, 0.1) is 22.6 Å². The minimum atomic E-state index is -0.236. The number of aryl methyl sites for hydroxylation is 2. The van der Waals surface area contributed by atoms with Crippen LogP contribution in [0, 0.1) is 26.0 Å². The summed E-state index contributed by atoms with van der Waals surface area (Å²) in [5, 5.41) is 5.43. The summed E-state index contributed by atoms with van der Waals surface area (Å²) in [5.41, 5.74) is 13.9. The predicted molar refractivity (Wildman–Crippen MR) is 219 cm³/mol. The molecule has 6 aromatic carbocycles. The molecule has 0 saturated carbocycles. The second kappa shape index (κ2) is 12.2. The first-order valence-corrected chi connectivity index (χ1v) is 18.4. The van der Waals surface area contributed by atoms with Crippen molar-refractivity contribution in [3.63, 3.8) is 0 Å². The van der Waals surface area contributed by atoms with Crippen LogP contribution in [0.5, 0.6) is 11.5 Å². The molecule has 1 aliphatic rings. The first-order chi connectivity index (χ1) is 26.4. The minimum Gasteiger partial charge on any atom is -0.503 e. The molecule has 0 N–H and O–H groups in total. The van der Waals surface area contributed by atoms with Gasteiger partial charge in [0.2, 0.25) is 0 Å². The van der Waals surface area contributed by atoms with E-state index in [0.717, 1.165) is 66.6 Å². The van der Waals surface area contributed by atoms with E-state index in [-0.39, 0.29) is 26.5 Å². The number of pyridine rings is 2. The van der Waals surface area contributed by atoms with Gasteiger partial charge < -0.3 is 13.7 Å². The van der Waals surface area contributed by atoms with Gasteiger partial charge in [-0.1, -0.05) is 121 Å². The quantitative estimate of drug-likeness (QED) is 0.131. The van der Waals surface area contributed by atoms with Crippen LogP contribution in [0.2, 0.25) is 0 Å². The molecule has 0 spiro atoms. The van der Waals surface area contributed by atoms with Gasteiger partial charge in [-0.3, -0.25) is 4.98 Å². The van der Waals surface area contributed by atoms with Crippen molar-refractivity contribution in [2.75, 3.05) is 0 Å². The van der Waals surface area contributed by atoms with E-state index in [2.05, 4.69) is 158 Å². The molecule has 4 aromatic heterocycles. The number of imidazole rings is 1. The van der Waals surface area contributed by atoms with Crippen LogP contribution in [0.1, 0.15) is 36.1 Å². The van der Waals surface area contributed by atoms with Crippen LogP contribution in [-0.4, -0.2) is 18.9 Å². The number of para-hydroxylation sites is 2. The summed E-state index contributed by atoms with van der Waals surface area (Å²) in [6.07, 6.45) is 1.86.